The molecular formula is C18H21N3O4S. The van der Waals surface area contributed by atoms with E-state index in [1.165, 1.54) is 27.7 Å². The number of aromatic nitrogens is 3. The van der Waals surface area contributed by atoms with Gasteiger partial charge < -0.3 is 14.2 Å². The third-order valence-electron chi connectivity index (χ3n) is 4.02. The summed E-state index contributed by atoms with van der Waals surface area (Å²) >= 11 is 1.62. The fraction of sp³-hybridized carbons (Fsp3) is 0.389. The van der Waals surface area contributed by atoms with E-state index in [1.54, 1.807) is 22.0 Å². The Morgan fingerprint density at radius 3 is 2.58 bits per heavy atom. The van der Waals surface area contributed by atoms with Crippen LogP contribution in [0.2, 0.25) is 0 Å². The van der Waals surface area contributed by atoms with Crippen LogP contribution >= 0.6 is 11.3 Å². The molecule has 0 aliphatic rings. The van der Waals surface area contributed by atoms with Gasteiger partial charge in [0.25, 0.3) is 5.56 Å². The van der Waals surface area contributed by atoms with Gasteiger partial charge in [0.05, 0.1) is 50.3 Å². The van der Waals surface area contributed by atoms with Crippen molar-refractivity contribution < 1.29 is 14.2 Å². The second kappa shape index (κ2) is 7.74. The molecule has 0 fully saturated rings. The Hall–Kier alpha value is -2.61. The minimum absolute atomic E-state index is 0.181. The van der Waals surface area contributed by atoms with E-state index in [-0.39, 0.29) is 5.56 Å². The average molecular weight is 375 g/mol. The predicted molar refractivity (Wildman–Crippen MR) is 101 cm³/mol. The Morgan fingerprint density at radius 2 is 1.92 bits per heavy atom. The number of aryl methyl sites for hydroxylation is 1. The Labute approximate surface area is 155 Å². The molecule has 138 valence electrons. The van der Waals surface area contributed by atoms with Crippen LogP contribution in [0.5, 0.6) is 17.2 Å². The largest absolute Gasteiger partial charge is 0.493 e. The molecule has 0 spiro atoms. The van der Waals surface area contributed by atoms with Crippen molar-refractivity contribution in [3.63, 3.8) is 0 Å². The molecule has 0 bridgehead atoms. The van der Waals surface area contributed by atoms with Crippen LogP contribution in [0, 0.1) is 0 Å². The first-order chi connectivity index (χ1) is 12.6. The first-order valence-electron chi connectivity index (χ1n) is 8.24. The molecule has 0 aliphatic carbocycles. The van der Waals surface area contributed by atoms with Crippen LogP contribution in [0.25, 0.3) is 10.9 Å². The maximum Gasteiger partial charge on any atom is 0.261 e. The van der Waals surface area contributed by atoms with Gasteiger partial charge in [-0.1, -0.05) is 6.92 Å². The van der Waals surface area contributed by atoms with E-state index in [0.29, 0.717) is 34.7 Å². The van der Waals surface area contributed by atoms with Gasteiger partial charge in [-0.15, -0.1) is 11.3 Å². The second-order valence-corrected chi connectivity index (χ2v) is 6.64. The lowest BCUT2D eigenvalue weighted by molar-refractivity contribution is 0.326. The number of nitrogens with zero attached hydrogens (tertiary/aromatic N) is 3. The van der Waals surface area contributed by atoms with E-state index >= 15 is 0 Å². The van der Waals surface area contributed by atoms with E-state index in [9.17, 15) is 4.79 Å². The molecule has 7 nitrogen and oxygen atoms in total. The Bertz CT molecular complexity index is 980. The fourth-order valence-electron chi connectivity index (χ4n) is 2.80. The quantitative estimate of drug-likeness (QED) is 0.632. The summed E-state index contributed by atoms with van der Waals surface area (Å²) < 4.78 is 17.6. The molecule has 0 radical (unpaired) electrons. The van der Waals surface area contributed by atoms with E-state index in [1.807, 2.05) is 5.38 Å². The fourth-order valence-corrected chi connectivity index (χ4v) is 3.70. The number of fused-ring (bicyclic) bond motifs is 1. The maximum absolute atomic E-state index is 12.9. The summed E-state index contributed by atoms with van der Waals surface area (Å²) in [6.07, 6.45) is 3.51. The molecule has 3 aromatic rings. The number of hydrogen-bond donors (Lipinski definition) is 0. The van der Waals surface area contributed by atoms with Gasteiger partial charge in [-0.3, -0.25) is 9.36 Å². The first-order valence-corrected chi connectivity index (χ1v) is 9.12. The van der Waals surface area contributed by atoms with Gasteiger partial charge in [-0.2, -0.15) is 0 Å². The number of thiazole rings is 1. The smallest absolute Gasteiger partial charge is 0.261 e. The van der Waals surface area contributed by atoms with Crippen molar-refractivity contribution in [3.05, 3.63) is 38.8 Å². The van der Waals surface area contributed by atoms with Crippen molar-refractivity contribution in [3.8, 4) is 17.2 Å². The van der Waals surface area contributed by atoms with Crippen LogP contribution in [0.15, 0.2) is 22.6 Å². The van der Waals surface area contributed by atoms with Gasteiger partial charge in [-0.25, -0.2) is 9.97 Å². The lowest BCUT2D eigenvalue weighted by Gasteiger charge is -2.14. The van der Waals surface area contributed by atoms with Crippen LogP contribution in [-0.2, 0) is 13.0 Å². The molecular weight excluding hydrogens is 354 g/mol. The molecule has 2 heterocycles. The monoisotopic (exact) mass is 375 g/mol. The van der Waals surface area contributed by atoms with E-state index in [4.69, 9.17) is 14.2 Å². The summed E-state index contributed by atoms with van der Waals surface area (Å²) in [7, 11) is 4.54. The SMILES string of the molecule is CCCc1nc(Cn2cnc3c(OC)c(OC)c(OC)cc3c2=O)cs1. The van der Waals surface area contributed by atoms with Crippen molar-refractivity contribution >= 4 is 22.2 Å². The molecule has 0 saturated carbocycles. The molecule has 0 unspecified atom stereocenters. The number of benzene rings is 1. The van der Waals surface area contributed by atoms with Gasteiger partial charge in [0, 0.05) is 5.38 Å². The summed E-state index contributed by atoms with van der Waals surface area (Å²) in [5.74, 6) is 1.22. The molecule has 0 aliphatic heterocycles. The standard InChI is InChI=1S/C18H21N3O4S/c1-5-6-14-20-11(9-26-14)8-21-10-19-15-12(18(21)22)7-13(23-2)16(24-3)17(15)25-4/h7,9-10H,5-6,8H2,1-4H3. The summed E-state index contributed by atoms with van der Waals surface area (Å²) in [6.45, 7) is 2.49. The molecule has 3 rings (SSSR count). The molecule has 0 atom stereocenters. The highest BCUT2D eigenvalue weighted by Gasteiger charge is 2.19. The van der Waals surface area contributed by atoms with E-state index in [0.717, 1.165) is 23.5 Å². The average Bonchev–Trinajstić information content (AvgIpc) is 3.09. The molecule has 1 aromatic carbocycles. The molecule has 26 heavy (non-hydrogen) atoms. The van der Waals surface area contributed by atoms with Crippen molar-refractivity contribution in [1.29, 1.82) is 0 Å². The van der Waals surface area contributed by atoms with Gasteiger partial charge in [0.1, 0.15) is 5.52 Å². The first kappa shape index (κ1) is 18.2. The van der Waals surface area contributed by atoms with Gasteiger partial charge in [0.2, 0.25) is 5.75 Å². The maximum atomic E-state index is 12.9. The zero-order valence-corrected chi connectivity index (χ0v) is 16.1. The van der Waals surface area contributed by atoms with Crippen LogP contribution in [0.1, 0.15) is 24.0 Å². The second-order valence-electron chi connectivity index (χ2n) is 5.70. The molecule has 2 aromatic heterocycles. The van der Waals surface area contributed by atoms with Crippen LogP contribution in [0.4, 0.5) is 0 Å². The normalized spacial score (nSPS) is 10.9. The highest BCUT2D eigenvalue weighted by molar-refractivity contribution is 7.09. The van der Waals surface area contributed by atoms with Crippen LogP contribution in [0.3, 0.4) is 0 Å². The number of ether oxygens (including phenoxy) is 3. The summed E-state index contributed by atoms with van der Waals surface area (Å²) in [6, 6.07) is 1.63. The lowest BCUT2D eigenvalue weighted by Crippen LogP contribution is -2.21. The number of hydrogen-bond acceptors (Lipinski definition) is 7. The molecule has 0 N–H and O–H groups in total. The summed E-state index contributed by atoms with van der Waals surface area (Å²) in [5.41, 5.74) is 1.12. The molecule has 8 heteroatoms. The Morgan fingerprint density at radius 1 is 1.15 bits per heavy atom. The minimum Gasteiger partial charge on any atom is -0.493 e. The highest BCUT2D eigenvalue weighted by Crippen LogP contribution is 2.41. The number of methoxy groups -OCH3 is 3. The third kappa shape index (κ3) is 3.24. The molecule has 0 saturated heterocycles. The topological polar surface area (TPSA) is 75.5 Å². The molecule has 0 amide bonds. The van der Waals surface area contributed by atoms with Gasteiger partial charge >= 0.3 is 0 Å². The Balaban J connectivity index is 2.08. The van der Waals surface area contributed by atoms with E-state index in [2.05, 4.69) is 16.9 Å². The summed E-state index contributed by atoms with van der Waals surface area (Å²) in [5, 5.41) is 3.47. The van der Waals surface area contributed by atoms with Crippen molar-refractivity contribution in [2.75, 3.05) is 21.3 Å². The minimum atomic E-state index is -0.181. The summed E-state index contributed by atoms with van der Waals surface area (Å²) in [4.78, 5) is 21.9. The zero-order valence-electron chi connectivity index (χ0n) is 15.2. The Kier molecular flexibility index (Phi) is 5.41. The van der Waals surface area contributed by atoms with E-state index < -0.39 is 0 Å². The van der Waals surface area contributed by atoms with Crippen molar-refractivity contribution in [2.24, 2.45) is 0 Å². The third-order valence-corrected chi connectivity index (χ3v) is 4.97. The van der Waals surface area contributed by atoms with Crippen molar-refractivity contribution in [2.45, 2.75) is 26.3 Å². The highest BCUT2D eigenvalue weighted by atomic mass is 32.1. The predicted octanol–water partition coefficient (Wildman–Crippen LogP) is 2.88. The lowest BCUT2D eigenvalue weighted by atomic mass is 10.2. The zero-order chi connectivity index (χ0) is 18.7. The van der Waals surface area contributed by atoms with Gasteiger partial charge in [-0.05, 0) is 18.9 Å². The van der Waals surface area contributed by atoms with Crippen molar-refractivity contribution in [1.82, 2.24) is 14.5 Å². The van der Waals surface area contributed by atoms with Gasteiger partial charge in [0.15, 0.2) is 11.5 Å². The number of rotatable bonds is 7. The van der Waals surface area contributed by atoms with Crippen LogP contribution < -0.4 is 19.8 Å². The van der Waals surface area contributed by atoms with Crippen LogP contribution in [-0.4, -0.2) is 35.9 Å².